The predicted molar refractivity (Wildman–Crippen MR) is 100 cm³/mol. The van der Waals surface area contributed by atoms with Gasteiger partial charge in [0.2, 0.25) is 0 Å². The van der Waals surface area contributed by atoms with E-state index in [0.717, 1.165) is 41.0 Å². The Kier molecular flexibility index (Phi) is 3.50. The van der Waals surface area contributed by atoms with Crippen molar-refractivity contribution in [1.82, 2.24) is 20.0 Å². The Balaban J connectivity index is 1.46. The first-order valence-corrected chi connectivity index (χ1v) is 9.10. The number of aromatic nitrogens is 4. The topological polar surface area (TPSA) is 73.1 Å². The molecule has 0 saturated carbocycles. The number of aryl methyl sites for hydroxylation is 1. The van der Waals surface area contributed by atoms with E-state index < -0.39 is 0 Å². The van der Waals surface area contributed by atoms with Gasteiger partial charge in [0.05, 0.1) is 23.6 Å². The standard InChI is InChI=1S/C20H19N5O2/c1-3-19-17-9-14-8-12(5-7-16(14)25(17)20(26)27-19)13-4-6-15(21-10-13)18-11-22-23-24(18)2/h4-8,10-11,17,19H,3,9H2,1-2H3. The monoisotopic (exact) mass is 361 g/mol. The molecule has 0 spiro atoms. The summed E-state index contributed by atoms with van der Waals surface area (Å²) in [6, 6.07) is 10.4. The smallest absolute Gasteiger partial charge is 0.415 e. The van der Waals surface area contributed by atoms with Crippen molar-refractivity contribution in [2.45, 2.75) is 31.9 Å². The molecule has 2 atom stereocenters. The van der Waals surface area contributed by atoms with Gasteiger partial charge in [0, 0.05) is 18.8 Å². The van der Waals surface area contributed by atoms with Crippen molar-refractivity contribution in [3.8, 4) is 22.5 Å². The summed E-state index contributed by atoms with van der Waals surface area (Å²) in [4.78, 5) is 18.6. The number of anilines is 1. The third kappa shape index (κ3) is 2.42. The summed E-state index contributed by atoms with van der Waals surface area (Å²) in [5, 5.41) is 7.84. The maximum Gasteiger partial charge on any atom is 0.415 e. The number of cyclic esters (lactones) is 1. The zero-order chi connectivity index (χ0) is 18.5. The fourth-order valence-electron chi connectivity index (χ4n) is 4.05. The summed E-state index contributed by atoms with van der Waals surface area (Å²) in [5.74, 6) is 0. The molecule has 7 nitrogen and oxygen atoms in total. The zero-order valence-electron chi connectivity index (χ0n) is 15.2. The quantitative estimate of drug-likeness (QED) is 0.716. The molecule has 0 N–H and O–H groups in total. The Morgan fingerprint density at radius 3 is 2.74 bits per heavy atom. The predicted octanol–water partition coefficient (Wildman–Crippen LogP) is 3.20. The van der Waals surface area contributed by atoms with Gasteiger partial charge in [-0.15, -0.1) is 5.10 Å². The number of benzene rings is 1. The van der Waals surface area contributed by atoms with Gasteiger partial charge in [-0.25, -0.2) is 9.48 Å². The van der Waals surface area contributed by atoms with Crippen LogP contribution in [0.15, 0.2) is 42.7 Å². The van der Waals surface area contributed by atoms with E-state index in [-0.39, 0.29) is 18.2 Å². The minimum Gasteiger partial charge on any atom is -0.444 e. The first-order chi connectivity index (χ1) is 13.2. The van der Waals surface area contributed by atoms with Crippen molar-refractivity contribution in [2.24, 2.45) is 7.05 Å². The number of ether oxygens (including phenoxy) is 1. The van der Waals surface area contributed by atoms with Gasteiger partial charge in [0.25, 0.3) is 0 Å². The van der Waals surface area contributed by atoms with E-state index in [4.69, 9.17) is 4.74 Å². The molecule has 27 heavy (non-hydrogen) atoms. The van der Waals surface area contributed by atoms with Crippen LogP contribution in [0, 0.1) is 0 Å². The zero-order valence-corrected chi connectivity index (χ0v) is 15.2. The van der Waals surface area contributed by atoms with Gasteiger partial charge in [-0.1, -0.05) is 24.3 Å². The lowest BCUT2D eigenvalue weighted by Gasteiger charge is -2.15. The van der Waals surface area contributed by atoms with Gasteiger partial charge in [0.1, 0.15) is 11.8 Å². The second kappa shape index (κ2) is 5.90. The average molecular weight is 361 g/mol. The summed E-state index contributed by atoms with van der Waals surface area (Å²) < 4.78 is 7.17. The maximum atomic E-state index is 12.2. The number of fused-ring (bicyclic) bond motifs is 3. The highest BCUT2D eigenvalue weighted by Gasteiger charge is 2.46. The Morgan fingerprint density at radius 1 is 1.19 bits per heavy atom. The lowest BCUT2D eigenvalue weighted by atomic mass is 10.00. The van der Waals surface area contributed by atoms with Crippen molar-refractivity contribution in [2.75, 3.05) is 4.90 Å². The van der Waals surface area contributed by atoms with E-state index in [1.165, 1.54) is 5.56 Å². The average Bonchev–Trinajstić information content (AvgIpc) is 3.36. The second-order valence-corrected chi connectivity index (χ2v) is 6.99. The van der Waals surface area contributed by atoms with Crippen molar-refractivity contribution in [3.05, 3.63) is 48.3 Å². The highest BCUT2D eigenvalue weighted by molar-refractivity contribution is 5.94. The van der Waals surface area contributed by atoms with Crippen LogP contribution in [0.2, 0.25) is 0 Å². The van der Waals surface area contributed by atoms with Crippen LogP contribution in [-0.4, -0.2) is 38.2 Å². The highest BCUT2D eigenvalue weighted by Crippen LogP contribution is 2.41. The fraction of sp³-hybridized carbons (Fsp3) is 0.300. The molecule has 0 radical (unpaired) electrons. The van der Waals surface area contributed by atoms with Gasteiger partial charge < -0.3 is 4.74 Å². The van der Waals surface area contributed by atoms with Crippen LogP contribution in [-0.2, 0) is 18.2 Å². The number of carbonyl (C=O) groups excluding carboxylic acids is 1. The summed E-state index contributed by atoms with van der Waals surface area (Å²) >= 11 is 0. The number of hydrogen-bond acceptors (Lipinski definition) is 5. The van der Waals surface area contributed by atoms with Crippen LogP contribution >= 0.6 is 0 Å². The lowest BCUT2D eigenvalue weighted by Crippen LogP contribution is -2.32. The highest BCUT2D eigenvalue weighted by atomic mass is 16.6. The van der Waals surface area contributed by atoms with Crippen molar-refractivity contribution < 1.29 is 9.53 Å². The first-order valence-electron chi connectivity index (χ1n) is 9.10. The van der Waals surface area contributed by atoms with Crippen LogP contribution in [0.3, 0.4) is 0 Å². The second-order valence-electron chi connectivity index (χ2n) is 6.99. The summed E-state index contributed by atoms with van der Waals surface area (Å²) in [6.45, 7) is 2.06. The molecular weight excluding hydrogens is 342 g/mol. The Morgan fingerprint density at radius 2 is 2.04 bits per heavy atom. The number of amides is 1. The van der Waals surface area contributed by atoms with Gasteiger partial charge in [-0.3, -0.25) is 9.88 Å². The van der Waals surface area contributed by atoms with Gasteiger partial charge in [-0.05, 0) is 42.2 Å². The number of pyridine rings is 1. The van der Waals surface area contributed by atoms with E-state index in [1.54, 1.807) is 10.9 Å². The van der Waals surface area contributed by atoms with Crippen LogP contribution in [0.4, 0.5) is 10.5 Å². The van der Waals surface area contributed by atoms with E-state index in [9.17, 15) is 4.79 Å². The summed E-state index contributed by atoms with van der Waals surface area (Å²) in [6.07, 6.45) is 4.98. The molecule has 2 unspecified atom stereocenters. The molecule has 2 aliphatic heterocycles. The van der Waals surface area contributed by atoms with Crippen LogP contribution < -0.4 is 4.90 Å². The Hall–Kier alpha value is -3.22. The Labute approximate surface area is 156 Å². The first kappa shape index (κ1) is 16.0. The number of carbonyl (C=O) groups is 1. The summed E-state index contributed by atoms with van der Waals surface area (Å²) in [7, 11) is 1.85. The van der Waals surface area contributed by atoms with Crippen molar-refractivity contribution in [1.29, 1.82) is 0 Å². The van der Waals surface area contributed by atoms with E-state index in [0.29, 0.717) is 0 Å². The minimum atomic E-state index is -0.228. The third-order valence-electron chi connectivity index (χ3n) is 5.45. The van der Waals surface area contributed by atoms with Crippen LogP contribution in [0.5, 0.6) is 0 Å². The molecule has 5 rings (SSSR count). The molecule has 7 heteroatoms. The molecule has 136 valence electrons. The minimum absolute atomic E-state index is 0.0261. The molecule has 0 aliphatic carbocycles. The fourth-order valence-corrected chi connectivity index (χ4v) is 4.05. The molecule has 3 aromatic rings. The maximum absolute atomic E-state index is 12.2. The molecule has 2 aliphatic rings. The Bertz CT molecular complexity index is 1030. The van der Waals surface area contributed by atoms with E-state index in [1.807, 2.05) is 36.3 Å². The molecule has 1 amide bonds. The largest absolute Gasteiger partial charge is 0.444 e. The van der Waals surface area contributed by atoms with Crippen molar-refractivity contribution in [3.63, 3.8) is 0 Å². The number of nitrogens with zero attached hydrogens (tertiary/aromatic N) is 5. The van der Waals surface area contributed by atoms with Gasteiger partial charge in [-0.2, -0.15) is 0 Å². The molecule has 1 fully saturated rings. The third-order valence-corrected chi connectivity index (χ3v) is 5.45. The van der Waals surface area contributed by atoms with E-state index in [2.05, 4.69) is 34.4 Å². The van der Waals surface area contributed by atoms with Crippen molar-refractivity contribution >= 4 is 11.8 Å². The molecule has 4 heterocycles. The van der Waals surface area contributed by atoms with E-state index >= 15 is 0 Å². The SMILES string of the molecule is CCC1OC(=O)N2c3ccc(-c4ccc(-c5cnnn5C)nc4)cc3CC12. The molecule has 2 aromatic heterocycles. The number of rotatable bonds is 3. The van der Waals surface area contributed by atoms with Crippen LogP contribution in [0.1, 0.15) is 18.9 Å². The molecule has 0 bridgehead atoms. The molecule has 1 aromatic carbocycles. The van der Waals surface area contributed by atoms with Gasteiger partial charge >= 0.3 is 6.09 Å². The number of hydrogen-bond donors (Lipinski definition) is 0. The molecule has 1 saturated heterocycles. The van der Waals surface area contributed by atoms with Gasteiger partial charge in [0.15, 0.2) is 0 Å². The summed E-state index contributed by atoms with van der Waals surface area (Å²) in [5.41, 5.74) is 6.00. The van der Waals surface area contributed by atoms with Crippen LogP contribution in [0.25, 0.3) is 22.5 Å². The molecular formula is C20H19N5O2. The lowest BCUT2D eigenvalue weighted by molar-refractivity contribution is 0.129. The normalized spacial score (nSPS) is 20.5.